The van der Waals surface area contributed by atoms with E-state index in [1.54, 1.807) is 10.9 Å². The summed E-state index contributed by atoms with van der Waals surface area (Å²) in [6, 6.07) is -0.753. The first kappa shape index (κ1) is 14.6. The van der Waals surface area contributed by atoms with Crippen LogP contribution >= 0.6 is 0 Å². The Morgan fingerprint density at radius 2 is 2.33 bits per heavy atom. The number of nitrogens with zero attached hydrogens (tertiary/aromatic N) is 3. The fraction of sp³-hybridized carbons (Fsp3) is 0.727. The molecule has 18 heavy (non-hydrogen) atoms. The molecule has 0 aliphatic rings. The van der Waals surface area contributed by atoms with Gasteiger partial charge in [-0.05, 0) is 19.8 Å². The second kappa shape index (κ2) is 7.07. The van der Waals surface area contributed by atoms with Gasteiger partial charge in [-0.1, -0.05) is 12.1 Å². The SMILES string of the molecule is CCC(C)NC(C(=O)O)c1cn(CCCO)nn1. The van der Waals surface area contributed by atoms with Crippen LogP contribution in [-0.2, 0) is 11.3 Å². The van der Waals surface area contributed by atoms with Crippen LogP contribution in [-0.4, -0.2) is 43.8 Å². The van der Waals surface area contributed by atoms with E-state index in [9.17, 15) is 9.90 Å². The first-order chi connectivity index (χ1) is 8.58. The Hall–Kier alpha value is -1.47. The second-order valence-electron chi connectivity index (χ2n) is 4.23. The third-order valence-electron chi connectivity index (χ3n) is 2.71. The van der Waals surface area contributed by atoms with Crippen molar-refractivity contribution in [2.75, 3.05) is 6.61 Å². The van der Waals surface area contributed by atoms with Crippen LogP contribution < -0.4 is 5.32 Å². The topological polar surface area (TPSA) is 100 Å². The molecular weight excluding hydrogens is 236 g/mol. The number of hydrogen-bond acceptors (Lipinski definition) is 5. The molecule has 0 aliphatic heterocycles. The van der Waals surface area contributed by atoms with Crippen molar-refractivity contribution in [3.05, 3.63) is 11.9 Å². The largest absolute Gasteiger partial charge is 0.480 e. The summed E-state index contributed by atoms with van der Waals surface area (Å²) in [5.41, 5.74) is 0.390. The van der Waals surface area contributed by atoms with E-state index in [0.29, 0.717) is 18.7 Å². The zero-order chi connectivity index (χ0) is 13.5. The average molecular weight is 256 g/mol. The third-order valence-corrected chi connectivity index (χ3v) is 2.71. The lowest BCUT2D eigenvalue weighted by molar-refractivity contribution is -0.140. The van der Waals surface area contributed by atoms with Crippen LogP contribution in [0.25, 0.3) is 0 Å². The summed E-state index contributed by atoms with van der Waals surface area (Å²) in [5.74, 6) is -0.968. The number of carboxylic acids is 1. The van der Waals surface area contributed by atoms with Crippen molar-refractivity contribution in [3.63, 3.8) is 0 Å². The highest BCUT2D eigenvalue weighted by Crippen LogP contribution is 2.11. The van der Waals surface area contributed by atoms with Crippen molar-refractivity contribution >= 4 is 5.97 Å². The maximum Gasteiger partial charge on any atom is 0.327 e. The van der Waals surface area contributed by atoms with E-state index in [-0.39, 0.29) is 12.6 Å². The van der Waals surface area contributed by atoms with E-state index in [4.69, 9.17) is 5.11 Å². The highest BCUT2D eigenvalue weighted by molar-refractivity contribution is 5.74. The minimum absolute atomic E-state index is 0.0721. The molecule has 1 heterocycles. The highest BCUT2D eigenvalue weighted by atomic mass is 16.4. The summed E-state index contributed by atoms with van der Waals surface area (Å²) in [6.45, 7) is 4.50. The monoisotopic (exact) mass is 256 g/mol. The summed E-state index contributed by atoms with van der Waals surface area (Å²) < 4.78 is 1.54. The number of rotatable bonds is 8. The van der Waals surface area contributed by atoms with Gasteiger partial charge in [-0.15, -0.1) is 5.10 Å². The van der Waals surface area contributed by atoms with Gasteiger partial charge in [0.05, 0.1) is 6.20 Å². The molecule has 1 aromatic rings. The van der Waals surface area contributed by atoms with Gasteiger partial charge in [0.15, 0.2) is 6.04 Å². The maximum atomic E-state index is 11.2. The minimum Gasteiger partial charge on any atom is -0.480 e. The standard InChI is InChI=1S/C11H20N4O3/c1-3-8(2)12-10(11(17)18)9-7-15(14-13-9)5-4-6-16/h7-8,10,12,16H,3-6H2,1-2H3,(H,17,18). The normalized spacial score (nSPS) is 14.4. The number of aryl methyl sites for hydroxylation is 1. The average Bonchev–Trinajstić information content (AvgIpc) is 2.81. The molecule has 0 fully saturated rings. The van der Waals surface area contributed by atoms with Crippen molar-refractivity contribution in [1.82, 2.24) is 20.3 Å². The van der Waals surface area contributed by atoms with Crippen LogP contribution in [0, 0.1) is 0 Å². The fourth-order valence-electron chi connectivity index (χ4n) is 1.47. The van der Waals surface area contributed by atoms with Crippen LogP contribution in [0.1, 0.15) is 38.4 Å². The van der Waals surface area contributed by atoms with E-state index in [2.05, 4.69) is 15.6 Å². The predicted molar refractivity (Wildman–Crippen MR) is 65.0 cm³/mol. The second-order valence-corrected chi connectivity index (χ2v) is 4.23. The third kappa shape index (κ3) is 4.08. The summed E-state index contributed by atoms with van der Waals surface area (Å²) in [7, 11) is 0. The Morgan fingerprint density at radius 3 is 2.89 bits per heavy atom. The molecule has 0 aliphatic carbocycles. The van der Waals surface area contributed by atoms with Crippen molar-refractivity contribution in [1.29, 1.82) is 0 Å². The van der Waals surface area contributed by atoms with Gasteiger partial charge in [0.25, 0.3) is 0 Å². The molecule has 0 aromatic carbocycles. The van der Waals surface area contributed by atoms with Crippen LogP contribution in [0.4, 0.5) is 0 Å². The first-order valence-corrected chi connectivity index (χ1v) is 6.08. The lowest BCUT2D eigenvalue weighted by Crippen LogP contribution is -2.35. The number of hydrogen-bond donors (Lipinski definition) is 3. The number of carbonyl (C=O) groups is 1. The molecule has 0 saturated heterocycles. The van der Waals surface area contributed by atoms with Crippen molar-refractivity contribution in [2.45, 2.75) is 45.3 Å². The number of aliphatic carboxylic acids is 1. The minimum atomic E-state index is -0.968. The molecule has 2 atom stereocenters. The number of nitrogens with one attached hydrogen (secondary N) is 1. The summed E-state index contributed by atoms with van der Waals surface area (Å²) >= 11 is 0. The van der Waals surface area contributed by atoms with Crippen molar-refractivity contribution in [3.8, 4) is 0 Å². The molecule has 0 spiro atoms. The summed E-state index contributed by atoms with van der Waals surface area (Å²) in [4.78, 5) is 11.2. The lowest BCUT2D eigenvalue weighted by Gasteiger charge is -2.16. The number of aromatic nitrogens is 3. The fourth-order valence-corrected chi connectivity index (χ4v) is 1.47. The first-order valence-electron chi connectivity index (χ1n) is 6.08. The zero-order valence-corrected chi connectivity index (χ0v) is 10.7. The molecule has 1 aromatic heterocycles. The van der Waals surface area contributed by atoms with E-state index in [0.717, 1.165) is 6.42 Å². The van der Waals surface area contributed by atoms with E-state index >= 15 is 0 Å². The zero-order valence-electron chi connectivity index (χ0n) is 10.7. The van der Waals surface area contributed by atoms with Crippen molar-refractivity contribution < 1.29 is 15.0 Å². The van der Waals surface area contributed by atoms with Gasteiger partial charge < -0.3 is 10.2 Å². The van der Waals surface area contributed by atoms with Crippen molar-refractivity contribution in [2.24, 2.45) is 0 Å². The molecular formula is C11H20N4O3. The Bertz CT molecular complexity index is 380. The predicted octanol–water partition coefficient (Wildman–Crippen LogP) is 0.174. The highest BCUT2D eigenvalue weighted by Gasteiger charge is 2.24. The van der Waals surface area contributed by atoms with Crippen LogP contribution in [0.5, 0.6) is 0 Å². The van der Waals surface area contributed by atoms with Crippen LogP contribution in [0.2, 0.25) is 0 Å². The molecule has 2 unspecified atom stereocenters. The maximum absolute atomic E-state index is 11.2. The molecule has 0 amide bonds. The Balaban J connectivity index is 2.73. The summed E-state index contributed by atoms with van der Waals surface area (Å²) in [6.07, 6.45) is 3.01. The van der Waals surface area contributed by atoms with Crippen LogP contribution in [0.15, 0.2) is 6.20 Å². The van der Waals surface area contributed by atoms with Gasteiger partial charge in [0.1, 0.15) is 5.69 Å². The molecule has 1 rings (SSSR count). The number of aliphatic hydroxyl groups is 1. The summed E-state index contributed by atoms with van der Waals surface area (Å²) in [5, 5.41) is 28.6. The van der Waals surface area contributed by atoms with E-state index in [1.165, 1.54) is 0 Å². The number of aliphatic hydroxyl groups excluding tert-OH is 1. The van der Waals surface area contributed by atoms with E-state index < -0.39 is 12.0 Å². The van der Waals surface area contributed by atoms with Gasteiger partial charge in [0, 0.05) is 19.2 Å². The molecule has 102 valence electrons. The molecule has 0 saturated carbocycles. The number of carboxylic acid groups (broad SMARTS) is 1. The molecule has 0 bridgehead atoms. The Labute approximate surface area is 106 Å². The van der Waals surface area contributed by atoms with Crippen LogP contribution in [0.3, 0.4) is 0 Å². The molecule has 3 N–H and O–H groups in total. The smallest absolute Gasteiger partial charge is 0.327 e. The molecule has 7 nitrogen and oxygen atoms in total. The Morgan fingerprint density at radius 1 is 1.61 bits per heavy atom. The molecule has 7 heteroatoms. The van der Waals surface area contributed by atoms with E-state index in [1.807, 2.05) is 13.8 Å². The van der Waals surface area contributed by atoms with Gasteiger partial charge >= 0.3 is 5.97 Å². The lowest BCUT2D eigenvalue weighted by atomic mass is 10.1. The molecule has 0 radical (unpaired) electrons. The van der Waals surface area contributed by atoms with Gasteiger partial charge in [-0.2, -0.15) is 0 Å². The van der Waals surface area contributed by atoms with Gasteiger partial charge in [0.2, 0.25) is 0 Å². The Kier molecular flexibility index (Phi) is 5.73. The van der Waals surface area contributed by atoms with Gasteiger partial charge in [-0.3, -0.25) is 14.8 Å². The quantitative estimate of drug-likeness (QED) is 0.613. The van der Waals surface area contributed by atoms with Gasteiger partial charge in [-0.25, -0.2) is 0 Å².